The largest absolute Gasteiger partial charge is 0.219 e. The first-order valence-electron chi connectivity index (χ1n) is 4.13. The minimum Gasteiger partial charge on any atom is -0.219 e. The van der Waals surface area contributed by atoms with Gasteiger partial charge in [-0.05, 0) is 56.7 Å². The number of benzene rings is 1. The van der Waals surface area contributed by atoms with Crippen LogP contribution in [0.1, 0.15) is 5.69 Å². The van der Waals surface area contributed by atoms with E-state index in [0.717, 1.165) is 19.4 Å². The van der Waals surface area contributed by atoms with Crippen molar-refractivity contribution >= 4 is 50.1 Å². The van der Waals surface area contributed by atoms with Crippen molar-refractivity contribution in [3.63, 3.8) is 0 Å². The van der Waals surface area contributed by atoms with Gasteiger partial charge in [0, 0.05) is 8.04 Å². The first-order chi connectivity index (χ1) is 7.20. The molecule has 0 N–H and O–H groups in total. The molecule has 0 unspecified atom stereocenters. The number of hydrogen-bond donors (Lipinski definition) is 0. The van der Waals surface area contributed by atoms with E-state index < -0.39 is 0 Å². The van der Waals surface area contributed by atoms with Gasteiger partial charge in [-0.15, -0.1) is 16.7 Å². The van der Waals surface area contributed by atoms with Crippen molar-refractivity contribution in [1.82, 2.24) is 15.0 Å². The Labute approximate surface area is 114 Å². The van der Waals surface area contributed by atoms with Gasteiger partial charge in [0.1, 0.15) is 0 Å². The average molecular weight is 398 g/mol. The van der Waals surface area contributed by atoms with Crippen molar-refractivity contribution in [3.05, 3.63) is 38.1 Å². The van der Waals surface area contributed by atoms with Crippen LogP contribution in [0.15, 0.2) is 28.9 Å². The summed E-state index contributed by atoms with van der Waals surface area (Å²) in [5.41, 5.74) is 1.73. The van der Waals surface area contributed by atoms with Gasteiger partial charge in [-0.25, -0.2) is 4.68 Å². The second-order valence-corrected chi connectivity index (χ2v) is 5.25. The monoisotopic (exact) mass is 397 g/mol. The maximum atomic E-state index is 5.67. The molecule has 0 aliphatic heterocycles. The van der Waals surface area contributed by atoms with Crippen molar-refractivity contribution in [3.8, 4) is 5.69 Å². The molecule has 3 nitrogen and oxygen atoms in total. The van der Waals surface area contributed by atoms with Crippen LogP contribution in [0.5, 0.6) is 0 Å². The summed E-state index contributed by atoms with van der Waals surface area (Å²) in [6.07, 6.45) is 1.82. The zero-order chi connectivity index (χ0) is 10.8. The first-order valence-corrected chi connectivity index (χ1v) is 6.54. The smallest absolute Gasteiger partial charge is 0.0979 e. The van der Waals surface area contributed by atoms with Gasteiger partial charge in [0.05, 0.1) is 23.5 Å². The lowest BCUT2D eigenvalue weighted by Crippen LogP contribution is -1.96. The molecule has 0 spiro atoms. The summed E-state index contributed by atoms with van der Waals surface area (Å²) in [5.74, 6) is 0.377. The van der Waals surface area contributed by atoms with Gasteiger partial charge in [-0.3, -0.25) is 0 Å². The second kappa shape index (κ2) is 4.80. The van der Waals surface area contributed by atoms with Crippen LogP contribution in [0.2, 0.25) is 0 Å². The lowest BCUT2D eigenvalue weighted by molar-refractivity contribution is 0.797. The summed E-state index contributed by atoms with van der Waals surface area (Å²) in [5, 5.41) is 7.95. The second-order valence-electron chi connectivity index (χ2n) is 2.88. The van der Waals surface area contributed by atoms with E-state index in [0.29, 0.717) is 5.88 Å². The molecule has 0 saturated carbocycles. The quantitative estimate of drug-likeness (QED) is 0.574. The summed E-state index contributed by atoms with van der Waals surface area (Å²) in [6, 6.07) is 6.03. The predicted octanol–water partition coefficient (Wildman–Crippen LogP) is 3.37. The molecule has 1 aromatic carbocycles. The number of nitrogens with zero attached hydrogens (tertiary/aromatic N) is 3. The van der Waals surface area contributed by atoms with Crippen molar-refractivity contribution in [2.24, 2.45) is 0 Å². The molecule has 0 aliphatic rings. The van der Waals surface area contributed by atoms with Gasteiger partial charge in [-0.2, -0.15) is 0 Å². The molecule has 0 fully saturated rings. The normalized spacial score (nSPS) is 10.6. The zero-order valence-electron chi connectivity index (χ0n) is 7.49. The fourth-order valence-corrected chi connectivity index (χ4v) is 2.16. The van der Waals surface area contributed by atoms with Crippen LogP contribution in [0.4, 0.5) is 0 Å². The molecule has 0 bridgehead atoms. The molecule has 0 amide bonds. The van der Waals surface area contributed by atoms with Crippen LogP contribution in [0.25, 0.3) is 5.69 Å². The van der Waals surface area contributed by atoms with Crippen LogP contribution in [-0.2, 0) is 5.88 Å². The van der Waals surface area contributed by atoms with Gasteiger partial charge in [-0.1, -0.05) is 5.21 Å². The van der Waals surface area contributed by atoms with Gasteiger partial charge in [0.15, 0.2) is 0 Å². The summed E-state index contributed by atoms with van der Waals surface area (Å²) >= 11 is 11.4. The Morgan fingerprint density at radius 2 is 2.27 bits per heavy atom. The van der Waals surface area contributed by atoms with Crippen LogP contribution >= 0.6 is 50.1 Å². The molecule has 1 aromatic heterocycles. The standard InChI is InChI=1S/C9H6BrClIN3/c10-8-2-1-6(12)3-9(8)15-5-7(4-11)13-14-15/h1-3,5H,4H2. The minimum absolute atomic E-state index is 0.377. The van der Waals surface area contributed by atoms with Crippen LogP contribution in [0.3, 0.4) is 0 Å². The summed E-state index contributed by atoms with van der Waals surface area (Å²) in [6.45, 7) is 0. The Morgan fingerprint density at radius 1 is 1.47 bits per heavy atom. The molecule has 2 aromatic rings. The molecule has 0 saturated heterocycles. The third-order valence-corrected chi connectivity index (χ3v) is 3.45. The first kappa shape index (κ1) is 11.3. The van der Waals surface area contributed by atoms with Crippen molar-refractivity contribution < 1.29 is 0 Å². The van der Waals surface area contributed by atoms with Gasteiger partial charge in [0.2, 0.25) is 0 Å². The van der Waals surface area contributed by atoms with E-state index in [4.69, 9.17) is 11.6 Å². The average Bonchev–Trinajstić information content (AvgIpc) is 2.70. The molecule has 15 heavy (non-hydrogen) atoms. The molecule has 78 valence electrons. The number of alkyl halides is 1. The van der Waals surface area contributed by atoms with E-state index in [9.17, 15) is 0 Å². The maximum absolute atomic E-state index is 5.67. The van der Waals surface area contributed by atoms with E-state index in [1.807, 2.05) is 24.4 Å². The topological polar surface area (TPSA) is 30.7 Å². The highest BCUT2D eigenvalue weighted by Crippen LogP contribution is 2.22. The maximum Gasteiger partial charge on any atom is 0.0979 e. The van der Waals surface area contributed by atoms with Crippen molar-refractivity contribution in [2.75, 3.05) is 0 Å². The minimum atomic E-state index is 0.377. The highest BCUT2D eigenvalue weighted by atomic mass is 127. The number of halogens is 3. The summed E-state index contributed by atoms with van der Waals surface area (Å²) in [4.78, 5) is 0. The molecule has 0 radical (unpaired) electrons. The van der Waals surface area contributed by atoms with Crippen LogP contribution in [-0.4, -0.2) is 15.0 Å². The van der Waals surface area contributed by atoms with E-state index in [1.54, 1.807) is 4.68 Å². The number of rotatable bonds is 2. The van der Waals surface area contributed by atoms with Crippen molar-refractivity contribution in [1.29, 1.82) is 0 Å². The molecule has 6 heteroatoms. The third kappa shape index (κ3) is 2.51. The van der Waals surface area contributed by atoms with Gasteiger partial charge in [0.25, 0.3) is 0 Å². The molecule has 2 rings (SSSR count). The molecule has 0 atom stereocenters. The lowest BCUT2D eigenvalue weighted by Gasteiger charge is -2.03. The Bertz CT molecular complexity index is 486. The van der Waals surface area contributed by atoms with E-state index in [1.165, 1.54) is 0 Å². The van der Waals surface area contributed by atoms with Crippen molar-refractivity contribution in [2.45, 2.75) is 5.88 Å². The van der Waals surface area contributed by atoms with Crippen LogP contribution < -0.4 is 0 Å². The molecular weight excluding hydrogens is 392 g/mol. The molecule has 0 aliphatic carbocycles. The highest BCUT2D eigenvalue weighted by Gasteiger charge is 2.06. The Kier molecular flexibility index (Phi) is 3.63. The Morgan fingerprint density at radius 3 is 2.93 bits per heavy atom. The van der Waals surface area contributed by atoms with Gasteiger partial charge >= 0.3 is 0 Å². The predicted molar refractivity (Wildman–Crippen MR) is 71.3 cm³/mol. The SMILES string of the molecule is ClCc1cn(-c2cc(I)ccc2Br)nn1. The number of aromatic nitrogens is 3. The molecule has 1 heterocycles. The zero-order valence-corrected chi connectivity index (χ0v) is 12.0. The highest BCUT2D eigenvalue weighted by molar-refractivity contribution is 14.1. The third-order valence-electron chi connectivity index (χ3n) is 1.83. The van der Waals surface area contributed by atoms with E-state index in [2.05, 4.69) is 48.8 Å². The Hall–Kier alpha value is -0.140. The molecular formula is C9H6BrClIN3. The van der Waals surface area contributed by atoms with E-state index in [-0.39, 0.29) is 0 Å². The van der Waals surface area contributed by atoms with Gasteiger partial charge < -0.3 is 0 Å². The van der Waals surface area contributed by atoms with Crippen LogP contribution in [0, 0.1) is 3.57 Å². The summed E-state index contributed by atoms with van der Waals surface area (Å²) in [7, 11) is 0. The lowest BCUT2D eigenvalue weighted by atomic mass is 10.3. The van der Waals surface area contributed by atoms with E-state index >= 15 is 0 Å². The summed E-state index contributed by atoms with van der Waals surface area (Å²) < 4.78 is 3.84. The fourth-order valence-electron chi connectivity index (χ4n) is 1.14. The Balaban J connectivity index is 2.48. The number of hydrogen-bond acceptors (Lipinski definition) is 2. The fraction of sp³-hybridized carbons (Fsp3) is 0.111.